The smallest absolute Gasteiger partial charge is 0.269 e. The highest BCUT2D eigenvalue weighted by molar-refractivity contribution is 5.85. The molecule has 0 saturated carbocycles. The van der Waals surface area contributed by atoms with Gasteiger partial charge in [0.2, 0.25) is 0 Å². The van der Waals surface area contributed by atoms with Crippen molar-refractivity contribution in [2.45, 2.75) is 0 Å². The number of hydrogen-bond acceptors (Lipinski definition) is 0. The van der Waals surface area contributed by atoms with Gasteiger partial charge in [-0.15, -0.1) is 12.4 Å². The van der Waals surface area contributed by atoms with Crippen LogP contribution in [0.5, 0.6) is 0 Å². The molecule has 0 unspecified atom stereocenters. The molecular weight excluding hydrogens is 103 g/mol. The molecule has 4 heavy (non-hydrogen) atoms. The Kier molecular flexibility index (Phi) is 230. The molecule has 0 aromatic heterocycles. The average Bonchev–Trinajstić information content (AvgIpc) is 0. The van der Waals surface area contributed by atoms with E-state index in [0.717, 1.165) is 0 Å². The maximum Gasteiger partial charge on any atom is 0.316 e. The molecule has 24 valence electrons. The Bertz CT molecular complexity index is 6.00. The predicted molar refractivity (Wildman–Crippen MR) is 26.8 cm³/mol. The van der Waals surface area contributed by atoms with E-state index < -0.39 is 0 Å². The molecule has 0 heterocycles. The van der Waals surface area contributed by atoms with Gasteiger partial charge < -0.3 is 0 Å². The first-order valence-corrected chi connectivity index (χ1v) is 0. The highest BCUT2D eigenvalue weighted by Gasteiger charge is 0.317. The fourth-order valence-electron chi connectivity index (χ4n) is 0. The summed E-state index contributed by atoms with van der Waals surface area (Å²) >= 11 is 0. The van der Waals surface area contributed by atoms with Gasteiger partial charge in [-0.05, 0) is 0 Å². The van der Waals surface area contributed by atoms with Gasteiger partial charge >= 0.3 is 46.1 Å². The van der Waals surface area contributed by atoms with Crippen molar-refractivity contribution in [2.75, 3.05) is 0 Å². The van der Waals surface area contributed by atoms with Crippen LogP contribution in [0.4, 0.5) is 4.70 Å². The molecule has 0 atom stereocenters. The minimum atomic E-state index is 0. The van der Waals surface area contributed by atoms with E-state index in [0.29, 0.717) is 0 Å². The summed E-state index contributed by atoms with van der Waals surface area (Å²) in [6.45, 7) is 0. The van der Waals surface area contributed by atoms with Crippen molar-refractivity contribution in [3.05, 3.63) is 0 Å². The fourth-order valence-corrected chi connectivity index (χ4v) is 0. The minimum Gasteiger partial charge on any atom is -0.269 e. The summed E-state index contributed by atoms with van der Waals surface area (Å²) in [4.78, 5) is 0. The van der Waals surface area contributed by atoms with Gasteiger partial charge in [-0.2, -0.15) is 0 Å². The summed E-state index contributed by atoms with van der Waals surface area (Å²) in [7, 11) is 0. The molecule has 0 nitrogen and oxygen atoms in total. The monoisotopic (exact) mass is 108 g/mol. The molecule has 0 rings (SSSR count). The van der Waals surface area contributed by atoms with Gasteiger partial charge in [0.1, 0.15) is 0 Å². The first kappa shape index (κ1) is 42.3. The van der Waals surface area contributed by atoms with Crippen LogP contribution in [0.1, 0.15) is 0 Å². The Hall–Kier alpha value is 1.75. The molecule has 4 heteroatoms. The van der Waals surface area contributed by atoms with Crippen molar-refractivity contribution >= 4 is 58.5 Å². The lowest BCUT2D eigenvalue weighted by Crippen LogP contribution is -0.382. The number of rotatable bonds is 0. The Morgan fingerprint density at radius 3 is 0.750 bits per heavy atom. The van der Waals surface area contributed by atoms with E-state index in [1.807, 2.05) is 0 Å². The first-order valence-electron chi connectivity index (χ1n) is 0. The molecule has 0 spiro atoms. The summed E-state index contributed by atoms with van der Waals surface area (Å²) in [6.07, 6.45) is 0. The highest BCUT2D eigenvalue weighted by atomic mass is 35.5. The summed E-state index contributed by atoms with van der Waals surface area (Å²) in [5.74, 6) is 0. The Balaban J connectivity index is 0. The summed E-state index contributed by atoms with van der Waals surface area (Å²) in [5.41, 5.74) is 0. The van der Waals surface area contributed by atoms with Gasteiger partial charge in [0, 0.05) is 0 Å². The molecule has 0 radical (unpaired) electrons. The van der Waals surface area contributed by atoms with Crippen LogP contribution in [0.3, 0.4) is 0 Å². The molecule has 0 aliphatic carbocycles. The van der Waals surface area contributed by atoms with Gasteiger partial charge in [0.15, 0.2) is 0 Å². The highest BCUT2D eigenvalue weighted by Crippen LogP contribution is 0.690. The van der Waals surface area contributed by atoms with Crippen molar-refractivity contribution in [1.82, 2.24) is 0 Å². The van der Waals surface area contributed by atoms with E-state index in [9.17, 15) is 0 Å². The second-order valence-electron chi connectivity index (χ2n) is 0. The topological polar surface area (TPSA) is 0 Å². The Labute approximate surface area is 62.8 Å². The summed E-state index contributed by atoms with van der Waals surface area (Å²) < 4.78 is 0. The van der Waals surface area contributed by atoms with Crippen LogP contribution in [-0.2, 0) is 0 Å². The van der Waals surface area contributed by atoms with Crippen LogP contribution < -0.4 is 0 Å². The summed E-state index contributed by atoms with van der Waals surface area (Å²) in [5, 5.41) is 0. The normalized spacial score (nSPS) is 0. The molecule has 0 aromatic carbocycles. The molecule has 0 fully saturated rings. The molecular formula is H6ClFMg2. The van der Waals surface area contributed by atoms with Crippen LogP contribution in [0.15, 0.2) is 0 Å². The molecule has 0 N–H and O–H groups in total. The molecule has 0 aromatic rings. The third-order valence-electron chi connectivity index (χ3n) is 0. The standard InChI is InChI=1S/ClH.FH.2Mg.4H/h2*1H;;;;;;. The molecule has 0 amide bonds. The van der Waals surface area contributed by atoms with Crippen LogP contribution in [0, 0.1) is 0 Å². The zero-order valence-electron chi connectivity index (χ0n) is 0.816. The van der Waals surface area contributed by atoms with E-state index in [4.69, 9.17) is 0 Å². The van der Waals surface area contributed by atoms with Crippen molar-refractivity contribution in [3.8, 4) is 0 Å². The quantitative estimate of drug-likeness (QED) is 0.341. The predicted octanol–water partition coefficient (Wildman–Crippen LogP) is -1.26. The Morgan fingerprint density at radius 1 is 0.750 bits per heavy atom. The zero-order valence-corrected chi connectivity index (χ0v) is 1.63. The third kappa shape index (κ3) is 9.26. The van der Waals surface area contributed by atoms with Gasteiger partial charge in [-0.25, -0.2) is 0 Å². The summed E-state index contributed by atoms with van der Waals surface area (Å²) in [6, 6.07) is 0. The third-order valence-corrected chi connectivity index (χ3v) is 0. The fraction of sp³-hybridized carbons (Fsp3) is 0. The van der Waals surface area contributed by atoms with Crippen LogP contribution >= 0.6 is 12.4 Å². The van der Waals surface area contributed by atoms with Crippen molar-refractivity contribution in [1.29, 1.82) is 0 Å². The van der Waals surface area contributed by atoms with Crippen molar-refractivity contribution in [3.63, 3.8) is 0 Å². The maximum atomic E-state index is 0. The van der Waals surface area contributed by atoms with E-state index in [1.165, 1.54) is 0 Å². The van der Waals surface area contributed by atoms with Gasteiger partial charge in [0.25, 0.3) is 0 Å². The van der Waals surface area contributed by atoms with Crippen molar-refractivity contribution in [2.24, 2.45) is 0 Å². The second kappa shape index (κ2) is 21.8. The number of halogens is 2. The lowest BCUT2D eigenvalue weighted by atomic mass is 19.0. The van der Waals surface area contributed by atoms with Crippen molar-refractivity contribution < 1.29 is 4.70 Å². The van der Waals surface area contributed by atoms with Crippen LogP contribution in [-0.4, -0.2) is 46.1 Å². The molecule has 0 aliphatic rings. The van der Waals surface area contributed by atoms with E-state index in [-0.39, 0.29) is 63.2 Å². The van der Waals surface area contributed by atoms with Gasteiger partial charge in [-0.3, -0.25) is 4.70 Å². The van der Waals surface area contributed by atoms with E-state index >= 15 is 0 Å². The lowest BCUT2D eigenvalue weighted by molar-refractivity contribution is 1.11. The molecule has 0 saturated heterocycles. The van der Waals surface area contributed by atoms with Gasteiger partial charge in [0.05, 0.1) is 0 Å². The second-order valence-corrected chi connectivity index (χ2v) is 0. The van der Waals surface area contributed by atoms with Crippen LogP contribution in [0.2, 0.25) is 0 Å². The van der Waals surface area contributed by atoms with Gasteiger partial charge in [-0.1, -0.05) is 0 Å². The first-order chi connectivity index (χ1) is 0. The Morgan fingerprint density at radius 2 is 0.750 bits per heavy atom. The van der Waals surface area contributed by atoms with E-state index in [1.54, 1.807) is 0 Å². The molecule has 0 bridgehead atoms. The maximum absolute atomic E-state index is 0. The van der Waals surface area contributed by atoms with Crippen LogP contribution in [0.25, 0.3) is 0 Å². The lowest BCUT2D eigenvalue weighted by Gasteiger charge is -0.269. The van der Waals surface area contributed by atoms with E-state index in [2.05, 4.69) is 0 Å². The average molecular weight is 109 g/mol. The zero-order chi connectivity index (χ0) is 0. The molecule has 0 aliphatic heterocycles. The minimum absolute atomic E-state index is 0. The number of hydrogen-bond donors (Lipinski definition) is 0. The largest absolute Gasteiger partial charge is 0.316 e. The SMILES string of the molecule is Cl.F.[MgH2].[MgH2].